The molecule has 0 saturated carbocycles. The monoisotopic (exact) mass is 356 g/mol. The standard InChI is InChI=1S/C19H36N2O4/c1-2-3-4-5-6-7-8-9-10-11-17(16-18(20)24)19(25)21(12-14-22)13-15-23/h10-11,17,22-23H,2-9,12-16H2,1H3,(H2,20,24). The van der Waals surface area contributed by atoms with Crippen LogP contribution in [0.1, 0.15) is 64.7 Å². The Morgan fingerprint density at radius 3 is 2.08 bits per heavy atom. The summed E-state index contributed by atoms with van der Waals surface area (Å²) < 4.78 is 0. The maximum Gasteiger partial charge on any atom is 0.230 e. The second-order valence-corrected chi connectivity index (χ2v) is 6.39. The third-order valence-corrected chi connectivity index (χ3v) is 4.13. The normalized spacial score (nSPS) is 12.4. The molecule has 0 rings (SSSR count). The van der Waals surface area contributed by atoms with Crippen LogP contribution in [0.25, 0.3) is 0 Å². The number of carbonyl (C=O) groups excluding carboxylic acids is 2. The number of rotatable bonds is 16. The lowest BCUT2D eigenvalue weighted by atomic mass is 10.0. The number of carbonyl (C=O) groups is 2. The number of hydrogen-bond acceptors (Lipinski definition) is 4. The highest BCUT2D eigenvalue weighted by atomic mass is 16.3. The molecule has 0 spiro atoms. The molecule has 0 aromatic heterocycles. The van der Waals surface area contributed by atoms with E-state index in [2.05, 4.69) is 6.92 Å². The van der Waals surface area contributed by atoms with Gasteiger partial charge in [-0.25, -0.2) is 0 Å². The molecule has 0 fully saturated rings. The van der Waals surface area contributed by atoms with Crippen molar-refractivity contribution >= 4 is 11.8 Å². The number of aliphatic hydroxyl groups excluding tert-OH is 2. The van der Waals surface area contributed by atoms with Gasteiger partial charge in [0, 0.05) is 19.5 Å². The maximum absolute atomic E-state index is 12.5. The first-order valence-electron chi connectivity index (χ1n) is 9.52. The molecular weight excluding hydrogens is 320 g/mol. The summed E-state index contributed by atoms with van der Waals surface area (Å²) in [5.41, 5.74) is 5.25. The van der Waals surface area contributed by atoms with Crippen molar-refractivity contribution in [2.24, 2.45) is 11.7 Å². The van der Waals surface area contributed by atoms with Crippen LogP contribution in [0.4, 0.5) is 0 Å². The number of primary amides is 1. The van der Waals surface area contributed by atoms with Gasteiger partial charge < -0.3 is 20.8 Å². The zero-order valence-electron chi connectivity index (χ0n) is 15.7. The largest absolute Gasteiger partial charge is 0.395 e. The molecule has 0 aromatic carbocycles. The van der Waals surface area contributed by atoms with E-state index in [0.717, 1.165) is 12.8 Å². The van der Waals surface area contributed by atoms with Gasteiger partial charge in [-0.3, -0.25) is 9.59 Å². The summed E-state index contributed by atoms with van der Waals surface area (Å²) in [5, 5.41) is 18.1. The Morgan fingerprint density at radius 2 is 1.56 bits per heavy atom. The Kier molecular flexibility index (Phi) is 15.2. The van der Waals surface area contributed by atoms with E-state index in [1.54, 1.807) is 6.08 Å². The Hall–Kier alpha value is -1.40. The molecule has 0 aliphatic heterocycles. The lowest BCUT2D eigenvalue weighted by molar-refractivity contribution is -0.137. The van der Waals surface area contributed by atoms with Crippen molar-refractivity contribution in [1.82, 2.24) is 4.90 Å². The zero-order valence-corrected chi connectivity index (χ0v) is 15.7. The van der Waals surface area contributed by atoms with E-state index >= 15 is 0 Å². The quantitative estimate of drug-likeness (QED) is 0.290. The van der Waals surface area contributed by atoms with Crippen LogP contribution in [0, 0.1) is 5.92 Å². The van der Waals surface area contributed by atoms with E-state index in [1.807, 2.05) is 6.08 Å². The number of amides is 2. The number of allylic oxidation sites excluding steroid dienone is 1. The van der Waals surface area contributed by atoms with Crippen molar-refractivity contribution in [2.45, 2.75) is 64.7 Å². The van der Waals surface area contributed by atoms with Crippen molar-refractivity contribution in [2.75, 3.05) is 26.3 Å². The van der Waals surface area contributed by atoms with Crippen molar-refractivity contribution in [3.8, 4) is 0 Å². The van der Waals surface area contributed by atoms with Gasteiger partial charge >= 0.3 is 0 Å². The van der Waals surface area contributed by atoms with E-state index in [1.165, 1.54) is 43.4 Å². The third kappa shape index (κ3) is 12.6. The van der Waals surface area contributed by atoms with Crippen molar-refractivity contribution in [1.29, 1.82) is 0 Å². The number of aliphatic hydroxyl groups is 2. The first-order valence-corrected chi connectivity index (χ1v) is 9.52. The minimum absolute atomic E-state index is 0.0558. The predicted octanol–water partition coefficient (Wildman–Crippen LogP) is 1.99. The molecule has 6 heteroatoms. The summed E-state index contributed by atoms with van der Waals surface area (Å²) in [6.07, 6.45) is 13.1. The Morgan fingerprint density at radius 1 is 1.00 bits per heavy atom. The molecule has 1 unspecified atom stereocenters. The minimum atomic E-state index is -0.625. The van der Waals surface area contributed by atoms with E-state index in [4.69, 9.17) is 15.9 Å². The van der Waals surface area contributed by atoms with E-state index in [0.29, 0.717) is 0 Å². The predicted molar refractivity (Wildman–Crippen MR) is 99.8 cm³/mol. The van der Waals surface area contributed by atoms with E-state index < -0.39 is 11.8 Å². The van der Waals surface area contributed by atoms with E-state index in [9.17, 15) is 9.59 Å². The molecule has 0 aliphatic rings. The molecular formula is C19H36N2O4. The molecule has 0 aliphatic carbocycles. The molecule has 0 saturated heterocycles. The van der Waals surface area contributed by atoms with Crippen molar-refractivity contribution < 1.29 is 19.8 Å². The Labute approximate surface area is 152 Å². The number of nitrogens with two attached hydrogens (primary N) is 1. The molecule has 6 nitrogen and oxygen atoms in total. The molecule has 4 N–H and O–H groups in total. The van der Waals surface area contributed by atoms with E-state index in [-0.39, 0.29) is 38.6 Å². The summed E-state index contributed by atoms with van der Waals surface area (Å²) in [4.78, 5) is 25.1. The van der Waals surface area contributed by atoms with Crippen LogP contribution < -0.4 is 5.73 Å². The van der Waals surface area contributed by atoms with Gasteiger partial charge in [-0.15, -0.1) is 0 Å². The summed E-state index contributed by atoms with van der Waals surface area (Å²) in [6.45, 7) is 2.12. The molecule has 0 radical (unpaired) electrons. The highest BCUT2D eigenvalue weighted by Gasteiger charge is 2.23. The number of unbranched alkanes of at least 4 members (excludes halogenated alkanes) is 7. The van der Waals surface area contributed by atoms with Crippen LogP contribution >= 0.6 is 0 Å². The molecule has 25 heavy (non-hydrogen) atoms. The first-order chi connectivity index (χ1) is 12.1. The highest BCUT2D eigenvalue weighted by Crippen LogP contribution is 2.13. The van der Waals surface area contributed by atoms with Gasteiger partial charge in [0.25, 0.3) is 0 Å². The molecule has 2 amide bonds. The maximum atomic E-state index is 12.5. The van der Waals surface area contributed by atoms with Crippen LogP contribution in [-0.4, -0.2) is 53.2 Å². The fourth-order valence-corrected chi connectivity index (χ4v) is 2.74. The summed E-state index contributed by atoms with van der Waals surface area (Å²) in [7, 11) is 0. The smallest absolute Gasteiger partial charge is 0.230 e. The molecule has 0 bridgehead atoms. The van der Waals surface area contributed by atoms with Gasteiger partial charge in [-0.2, -0.15) is 0 Å². The van der Waals surface area contributed by atoms with Crippen LogP contribution in [0.5, 0.6) is 0 Å². The van der Waals surface area contributed by atoms with Crippen molar-refractivity contribution in [3.05, 3.63) is 12.2 Å². The average Bonchev–Trinajstić information content (AvgIpc) is 2.58. The van der Waals surface area contributed by atoms with Gasteiger partial charge in [-0.1, -0.05) is 57.6 Å². The third-order valence-electron chi connectivity index (χ3n) is 4.13. The minimum Gasteiger partial charge on any atom is -0.395 e. The average molecular weight is 357 g/mol. The molecule has 0 heterocycles. The zero-order chi connectivity index (χ0) is 18.9. The van der Waals surface area contributed by atoms with Crippen LogP contribution in [0.2, 0.25) is 0 Å². The fraction of sp³-hybridized carbons (Fsp3) is 0.789. The summed E-state index contributed by atoms with van der Waals surface area (Å²) >= 11 is 0. The Balaban J connectivity index is 4.36. The second kappa shape index (κ2) is 16.1. The second-order valence-electron chi connectivity index (χ2n) is 6.39. The summed E-state index contributed by atoms with van der Waals surface area (Å²) in [6, 6.07) is 0. The van der Waals surface area contributed by atoms with Gasteiger partial charge in [0.15, 0.2) is 0 Å². The lowest BCUT2D eigenvalue weighted by Gasteiger charge is -2.24. The highest BCUT2D eigenvalue weighted by molar-refractivity contribution is 5.86. The van der Waals surface area contributed by atoms with Gasteiger partial charge in [0.1, 0.15) is 0 Å². The van der Waals surface area contributed by atoms with Gasteiger partial charge in [0.05, 0.1) is 19.1 Å². The molecule has 0 aromatic rings. The first kappa shape index (κ1) is 23.6. The summed E-state index contributed by atoms with van der Waals surface area (Å²) in [5.74, 6) is -1.44. The Bertz CT molecular complexity index is 380. The topological polar surface area (TPSA) is 104 Å². The van der Waals surface area contributed by atoms with Crippen molar-refractivity contribution in [3.63, 3.8) is 0 Å². The SMILES string of the molecule is CCCCCCCCCC=CC(CC(N)=O)C(=O)N(CCO)CCO. The number of hydrogen-bond donors (Lipinski definition) is 3. The van der Waals surface area contributed by atoms with Gasteiger partial charge in [0.2, 0.25) is 11.8 Å². The number of nitrogens with zero attached hydrogens (tertiary/aromatic N) is 1. The van der Waals surface area contributed by atoms with Crippen LogP contribution in [0.15, 0.2) is 12.2 Å². The van der Waals surface area contributed by atoms with Gasteiger partial charge in [-0.05, 0) is 12.8 Å². The van der Waals surface area contributed by atoms with Crippen LogP contribution in [0.3, 0.4) is 0 Å². The lowest BCUT2D eigenvalue weighted by Crippen LogP contribution is -2.40. The molecule has 146 valence electrons. The fourth-order valence-electron chi connectivity index (χ4n) is 2.74. The van der Waals surface area contributed by atoms with Crippen LogP contribution in [-0.2, 0) is 9.59 Å². The molecule has 1 atom stereocenters.